The van der Waals surface area contributed by atoms with Gasteiger partial charge in [0, 0.05) is 13.6 Å². The van der Waals surface area contributed by atoms with Crippen LogP contribution >= 0.6 is 0 Å². The van der Waals surface area contributed by atoms with Crippen molar-refractivity contribution in [3.8, 4) is 16.9 Å². The Morgan fingerprint density at radius 3 is 2.40 bits per heavy atom. The maximum Gasteiger partial charge on any atom is 0.191 e. The van der Waals surface area contributed by atoms with E-state index in [0.29, 0.717) is 5.96 Å². The molecular formula is C21H27N3O. The fourth-order valence-electron chi connectivity index (χ4n) is 3.58. The van der Waals surface area contributed by atoms with Crippen LogP contribution in [0.3, 0.4) is 0 Å². The molecule has 1 heterocycles. The first kappa shape index (κ1) is 17.3. The van der Waals surface area contributed by atoms with Crippen LogP contribution in [0.4, 0.5) is 0 Å². The molecule has 1 aliphatic heterocycles. The SMILES string of the molecule is COc1c(C)cc(-c2cccc(C3(C)CCN(C)C(N)=N3)c2)cc1C. The van der Waals surface area contributed by atoms with Gasteiger partial charge in [-0.2, -0.15) is 0 Å². The molecule has 0 spiro atoms. The highest BCUT2D eigenvalue weighted by molar-refractivity contribution is 5.79. The van der Waals surface area contributed by atoms with Gasteiger partial charge in [0.15, 0.2) is 5.96 Å². The number of ether oxygens (including phenoxy) is 1. The van der Waals surface area contributed by atoms with Gasteiger partial charge in [0.2, 0.25) is 0 Å². The summed E-state index contributed by atoms with van der Waals surface area (Å²) in [7, 11) is 3.71. The second-order valence-electron chi connectivity index (χ2n) is 7.14. The van der Waals surface area contributed by atoms with E-state index in [1.165, 1.54) is 16.7 Å². The van der Waals surface area contributed by atoms with Crippen LogP contribution in [0.5, 0.6) is 5.75 Å². The zero-order valence-electron chi connectivity index (χ0n) is 15.8. The van der Waals surface area contributed by atoms with E-state index < -0.39 is 0 Å². The van der Waals surface area contributed by atoms with Crippen LogP contribution in [0.25, 0.3) is 11.1 Å². The number of rotatable bonds is 3. The van der Waals surface area contributed by atoms with Crippen molar-refractivity contribution >= 4 is 5.96 Å². The summed E-state index contributed by atoms with van der Waals surface area (Å²) in [6, 6.07) is 13.0. The van der Waals surface area contributed by atoms with Gasteiger partial charge < -0.3 is 15.4 Å². The molecule has 132 valence electrons. The number of aliphatic imine (C=N–C) groups is 1. The summed E-state index contributed by atoms with van der Waals surface area (Å²) >= 11 is 0. The Labute approximate surface area is 150 Å². The number of guanidine groups is 1. The van der Waals surface area contributed by atoms with Gasteiger partial charge in [-0.05, 0) is 73.2 Å². The Hall–Kier alpha value is -2.49. The van der Waals surface area contributed by atoms with Crippen LogP contribution < -0.4 is 10.5 Å². The van der Waals surface area contributed by atoms with Gasteiger partial charge in [-0.25, -0.2) is 4.99 Å². The van der Waals surface area contributed by atoms with Gasteiger partial charge in [-0.3, -0.25) is 0 Å². The number of benzene rings is 2. The molecule has 0 saturated carbocycles. The first-order valence-corrected chi connectivity index (χ1v) is 8.66. The minimum Gasteiger partial charge on any atom is -0.496 e. The second-order valence-corrected chi connectivity index (χ2v) is 7.14. The van der Waals surface area contributed by atoms with Crippen molar-refractivity contribution in [1.29, 1.82) is 0 Å². The van der Waals surface area contributed by atoms with Crippen molar-refractivity contribution in [3.63, 3.8) is 0 Å². The summed E-state index contributed by atoms with van der Waals surface area (Å²) < 4.78 is 5.49. The maximum atomic E-state index is 6.07. The smallest absolute Gasteiger partial charge is 0.191 e. The average molecular weight is 337 g/mol. The molecule has 0 aromatic heterocycles. The van der Waals surface area contributed by atoms with E-state index in [1.54, 1.807) is 7.11 Å². The highest BCUT2D eigenvalue weighted by Gasteiger charge is 2.31. The van der Waals surface area contributed by atoms with Crippen molar-refractivity contribution in [2.45, 2.75) is 32.7 Å². The Kier molecular flexibility index (Phi) is 4.46. The molecule has 0 radical (unpaired) electrons. The molecule has 1 unspecified atom stereocenters. The molecular weight excluding hydrogens is 310 g/mol. The molecule has 4 heteroatoms. The largest absolute Gasteiger partial charge is 0.496 e. The van der Waals surface area contributed by atoms with E-state index in [2.05, 4.69) is 57.2 Å². The van der Waals surface area contributed by atoms with Crippen LogP contribution in [0, 0.1) is 13.8 Å². The third-order valence-corrected chi connectivity index (χ3v) is 5.17. The first-order chi connectivity index (χ1) is 11.8. The predicted molar refractivity (Wildman–Crippen MR) is 104 cm³/mol. The van der Waals surface area contributed by atoms with Gasteiger partial charge >= 0.3 is 0 Å². The highest BCUT2D eigenvalue weighted by Crippen LogP contribution is 2.36. The topological polar surface area (TPSA) is 50.9 Å². The van der Waals surface area contributed by atoms with Crippen molar-refractivity contribution in [2.24, 2.45) is 10.7 Å². The third-order valence-electron chi connectivity index (χ3n) is 5.17. The lowest BCUT2D eigenvalue weighted by Gasteiger charge is -2.35. The highest BCUT2D eigenvalue weighted by atomic mass is 16.5. The van der Waals surface area contributed by atoms with Gasteiger partial charge in [0.05, 0.1) is 12.6 Å². The van der Waals surface area contributed by atoms with Crippen molar-refractivity contribution < 1.29 is 4.74 Å². The van der Waals surface area contributed by atoms with E-state index in [9.17, 15) is 0 Å². The minimum atomic E-state index is -0.275. The molecule has 2 aromatic carbocycles. The number of aryl methyl sites for hydroxylation is 2. The normalized spacial score (nSPS) is 20.4. The Morgan fingerprint density at radius 2 is 1.80 bits per heavy atom. The van der Waals surface area contributed by atoms with Crippen LogP contribution in [-0.4, -0.2) is 31.6 Å². The van der Waals surface area contributed by atoms with Crippen molar-refractivity contribution in [3.05, 3.63) is 53.1 Å². The monoisotopic (exact) mass is 337 g/mol. The molecule has 3 rings (SSSR count). The molecule has 0 bridgehead atoms. The van der Waals surface area contributed by atoms with Gasteiger partial charge in [-0.1, -0.05) is 18.2 Å². The molecule has 2 aromatic rings. The fourth-order valence-corrected chi connectivity index (χ4v) is 3.58. The lowest BCUT2D eigenvalue weighted by Crippen LogP contribution is -2.43. The van der Waals surface area contributed by atoms with Gasteiger partial charge in [0.1, 0.15) is 5.75 Å². The molecule has 1 atom stereocenters. The van der Waals surface area contributed by atoms with Crippen LogP contribution in [0.15, 0.2) is 41.4 Å². The Bertz CT molecular complexity index is 805. The molecule has 0 saturated heterocycles. The number of methoxy groups -OCH3 is 1. The minimum absolute atomic E-state index is 0.275. The van der Waals surface area contributed by atoms with Crippen molar-refractivity contribution in [2.75, 3.05) is 20.7 Å². The first-order valence-electron chi connectivity index (χ1n) is 8.66. The van der Waals surface area contributed by atoms with Crippen LogP contribution in [0.1, 0.15) is 30.0 Å². The van der Waals surface area contributed by atoms with Crippen LogP contribution in [0.2, 0.25) is 0 Å². The summed E-state index contributed by atoms with van der Waals surface area (Å²) in [5.74, 6) is 1.56. The molecule has 0 amide bonds. The summed E-state index contributed by atoms with van der Waals surface area (Å²) in [5.41, 5.74) is 11.7. The molecule has 25 heavy (non-hydrogen) atoms. The molecule has 0 fully saturated rings. The maximum absolute atomic E-state index is 6.07. The lowest BCUT2D eigenvalue weighted by molar-refractivity contribution is 0.339. The Morgan fingerprint density at radius 1 is 1.12 bits per heavy atom. The van der Waals surface area contributed by atoms with E-state index >= 15 is 0 Å². The van der Waals surface area contributed by atoms with Gasteiger partial charge in [0.25, 0.3) is 0 Å². The zero-order valence-corrected chi connectivity index (χ0v) is 15.8. The van der Waals surface area contributed by atoms with Crippen LogP contribution in [-0.2, 0) is 5.54 Å². The quantitative estimate of drug-likeness (QED) is 0.926. The second kappa shape index (κ2) is 6.43. The average Bonchev–Trinajstić information content (AvgIpc) is 2.58. The standard InChI is InChI=1S/C21H27N3O/c1-14-11-17(12-15(2)19(14)25-5)16-7-6-8-18(13-16)21(3)9-10-24(4)20(22)23-21/h6-8,11-13H,9-10H2,1-5H3,(H2,22,23). The molecule has 2 N–H and O–H groups in total. The molecule has 0 aliphatic carbocycles. The number of hydrogen-bond donors (Lipinski definition) is 1. The summed E-state index contributed by atoms with van der Waals surface area (Å²) in [4.78, 5) is 6.76. The Balaban J connectivity index is 2.03. The van der Waals surface area contributed by atoms with E-state index in [4.69, 9.17) is 15.5 Å². The van der Waals surface area contributed by atoms with E-state index in [-0.39, 0.29) is 5.54 Å². The van der Waals surface area contributed by atoms with Gasteiger partial charge in [-0.15, -0.1) is 0 Å². The van der Waals surface area contributed by atoms with E-state index in [1.807, 2.05) is 11.9 Å². The lowest BCUT2D eigenvalue weighted by atomic mass is 9.86. The number of nitrogens with two attached hydrogens (primary N) is 1. The zero-order chi connectivity index (χ0) is 18.2. The molecule has 4 nitrogen and oxygen atoms in total. The predicted octanol–water partition coefficient (Wildman–Crippen LogP) is 3.84. The van der Waals surface area contributed by atoms with Crippen molar-refractivity contribution in [1.82, 2.24) is 4.90 Å². The van der Waals surface area contributed by atoms with E-state index in [0.717, 1.165) is 29.8 Å². The fraction of sp³-hybridized carbons (Fsp3) is 0.381. The number of nitrogens with zero attached hydrogens (tertiary/aromatic N) is 2. The summed E-state index contributed by atoms with van der Waals surface area (Å²) in [6.07, 6.45) is 0.953. The third kappa shape index (κ3) is 3.21. The summed E-state index contributed by atoms with van der Waals surface area (Å²) in [6.45, 7) is 7.25. The number of hydrogen-bond acceptors (Lipinski definition) is 4. The summed E-state index contributed by atoms with van der Waals surface area (Å²) in [5, 5.41) is 0. The molecule has 1 aliphatic rings.